The van der Waals surface area contributed by atoms with Crippen LogP contribution in [0.2, 0.25) is 0 Å². The summed E-state index contributed by atoms with van der Waals surface area (Å²) in [6.07, 6.45) is 0.574. The van der Waals surface area contributed by atoms with E-state index in [2.05, 4.69) is 10.6 Å². The van der Waals surface area contributed by atoms with Crippen LogP contribution in [0.4, 0.5) is 0 Å². The number of rotatable bonds is 7. The van der Waals surface area contributed by atoms with Crippen molar-refractivity contribution in [3.63, 3.8) is 0 Å². The maximum Gasteiger partial charge on any atom is 0.305 e. The monoisotopic (exact) mass is 230 g/mol. The molecule has 0 saturated carbocycles. The Labute approximate surface area is 96.6 Å². The van der Waals surface area contributed by atoms with Gasteiger partial charge in [-0.25, -0.2) is 0 Å². The summed E-state index contributed by atoms with van der Waals surface area (Å²) in [6.45, 7) is 8.02. The highest BCUT2D eigenvalue weighted by molar-refractivity contribution is 5.86. The first-order chi connectivity index (χ1) is 7.33. The van der Waals surface area contributed by atoms with Crippen LogP contribution >= 0.6 is 0 Å². The molecule has 0 spiro atoms. The fourth-order valence-electron chi connectivity index (χ4n) is 1.40. The molecule has 0 rings (SSSR count). The molecule has 1 unspecified atom stereocenters. The fraction of sp³-hybridized carbons (Fsp3) is 0.818. The summed E-state index contributed by atoms with van der Waals surface area (Å²) in [6, 6.07) is -0.303. The molecule has 94 valence electrons. The van der Waals surface area contributed by atoms with Gasteiger partial charge in [0, 0.05) is 6.04 Å². The number of carboxylic acid groups (broad SMARTS) is 1. The van der Waals surface area contributed by atoms with E-state index < -0.39 is 11.5 Å². The molecule has 3 N–H and O–H groups in total. The summed E-state index contributed by atoms with van der Waals surface area (Å²) in [5, 5.41) is 14.5. The third-order valence-corrected chi connectivity index (χ3v) is 2.44. The highest BCUT2D eigenvalue weighted by atomic mass is 16.4. The van der Waals surface area contributed by atoms with Crippen molar-refractivity contribution in [2.45, 2.75) is 52.1 Å². The lowest BCUT2D eigenvalue weighted by molar-refractivity contribution is -0.138. The van der Waals surface area contributed by atoms with E-state index in [0.29, 0.717) is 13.0 Å². The minimum Gasteiger partial charge on any atom is -0.481 e. The number of nitrogens with one attached hydrogen (secondary N) is 2. The van der Waals surface area contributed by atoms with Gasteiger partial charge in [-0.15, -0.1) is 0 Å². The summed E-state index contributed by atoms with van der Waals surface area (Å²) in [4.78, 5) is 22.4. The fourth-order valence-corrected chi connectivity index (χ4v) is 1.40. The topological polar surface area (TPSA) is 78.4 Å². The molecule has 0 aliphatic heterocycles. The van der Waals surface area contributed by atoms with Crippen LogP contribution in [0.15, 0.2) is 0 Å². The molecule has 0 aromatic heterocycles. The molecule has 1 amide bonds. The Morgan fingerprint density at radius 1 is 1.31 bits per heavy atom. The largest absolute Gasteiger partial charge is 0.481 e. The van der Waals surface area contributed by atoms with Crippen molar-refractivity contribution in [1.29, 1.82) is 0 Å². The Hall–Kier alpha value is -1.10. The van der Waals surface area contributed by atoms with Gasteiger partial charge in [0.05, 0.1) is 12.0 Å². The van der Waals surface area contributed by atoms with Crippen molar-refractivity contribution in [2.24, 2.45) is 0 Å². The average Bonchev–Trinajstić information content (AvgIpc) is 2.15. The third kappa shape index (κ3) is 5.11. The molecule has 0 radical (unpaired) electrons. The summed E-state index contributed by atoms with van der Waals surface area (Å²) < 4.78 is 0. The van der Waals surface area contributed by atoms with E-state index in [1.807, 2.05) is 13.8 Å². The van der Waals surface area contributed by atoms with E-state index in [0.717, 1.165) is 0 Å². The van der Waals surface area contributed by atoms with Gasteiger partial charge in [0.15, 0.2) is 0 Å². The Morgan fingerprint density at radius 3 is 2.25 bits per heavy atom. The maximum atomic E-state index is 11.8. The van der Waals surface area contributed by atoms with Crippen molar-refractivity contribution >= 4 is 11.9 Å². The number of likely N-dealkylation sites (N-methyl/N-ethyl adjacent to an activating group) is 1. The zero-order chi connectivity index (χ0) is 12.8. The average molecular weight is 230 g/mol. The van der Waals surface area contributed by atoms with E-state index in [4.69, 9.17) is 5.11 Å². The van der Waals surface area contributed by atoms with E-state index in [9.17, 15) is 9.59 Å². The van der Waals surface area contributed by atoms with Crippen molar-refractivity contribution in [1.82, 2.24) is 10.6 Å². The second-order valence-electron chi connectivity index (χ2n) is 4.33. The number of hydrogen-bond donors (Lipinski definition) is 3. The molecular weight excluding hydrogens is 208 g/mol. The lowest BCUT2D eigenvalue weighted by Crippen LogP contribution is -2.55. The number of amides is 1. The lowest BCUT2D eigenvalue weighted by Gasteiger charge is -2.27. The number of aliphatic carboxylic acids is 1. The van der Waals surface area contributed by atoms with Crippen molar-refractivity contribution < 1.29 is 14.7 Å². The van der Waals surface area contributed by atoms with E-state index >= 15 is 0 Å². The third-order valence-electron chi connectivity index (χ3n) is 2.44. The molecule has 0 saturated heterocycles. The number of hydrogen-bond acceptors (Lipinski definition) is 3. The normalized spacial score (nSPS) is 13.2. The minimum atomic E-state index is -0.895. The molecular formula is C11H22N2O3. The van der Waals surface area contributed by atoms with Crippen LogP contribution in [0.3, 0.4) is 0 Å². The van der Waals surface area contributed by atoms with Crippen LogP contribution < -0.4 is 10.6 Å². The van der Waals surface area contributed by atoms with E-state index in [1.54, 1.807) is 13.8 Å². The second kappa shape index (κ2) is 6.48. The molecule has 0 aromatic rings. The van der Waals surface area contributed by atoms with Crippen LogP contribution in [0.1, 0.15) is 40.5 Å². The first-order valence-electron chi connectivity index (χ1n) is 5.61. The molecule has 0 fully saturated rings. The SMILES string of the molecule is CCNC(C)(C)C(=O)NC(CC)CC(=O)O. The number of carbonyl (C=O) groups excluding carboxylic acids is 1. The Balaban J connectivity index is 4.34. The lowest BCUT2D eigenvalue weighted by atomic mass is 10.0. The second-order valence-corrected chi connectivity index (χ2v) is 4.33. The van der Waals surface area contributed by atoms with Crippen LogP contribution in [0.25, 0.3) is 0 Å². The predicted molar refractivity (Wildman–Crippen MR) is 62.2 cm³/mol. The van der Waals surface area contributed by atoms with Crippen LogP contribution in [0.5, 0.6) is 0 Å². The van der Waals surface area contributed by atoms with E-state index in [1.165, 1.54) is 0 Å². The van der Waals surface area contributed by atoms with Gasteiger partial charge in [-0.05, 0) is 26.8 Å². The molecule has 0 bridgehead atoms. The van der Waals surface area contributed by atoms with Crippen molar-refractivity contribution in [3.05, 3.63) is 0 Å². The first kappa shape index (κ1) is 14.9. The zero-order valence-corrected chi connectivity index (χ0v) is 10.5. The van der Waals surface area contributed by atoms with Gasteiger partial charge in [-0.1, -0.05) is 13.8 Å². The van der Waals surface area contributed by atoms with Gasteiger partial charge in [0.2, 0.25) is 5.91 Å². The van der Waals surface area contributed by atoms with Gasteiger partial charge in [-0.3, -0.25) is 9.59 Å². The molecule has 0 aliphatic rings. The molecule has 16 heavy (non-hydrogen) atoms. The summed E-state index contributed by atoms with van der Waals surface area (Å²) in [7, 11) is 0. The smallest absolute Gasteiger partial charge is 0.305 e. The van der Waals surface area contributed by atoms with Gasteiger partial charge < -0.3 is 15.7 Å². The number of carboxylic acids is 1. The van der Waals surface area contributed by atoms with Crippen LogP contribution in [-0.2, 0) is 9.59 Å². The summed E-state index contributed by atoms with van der Waals surface area (Å²) in [5.41, 5.74) is -0.666. The summed E-state index contributed by atoms with van der Waals surface area (Å²) >= 11 is 0. The quantitative estimate of drug-likeness (QED) is 0.603. The minimum absolute atomic E-state index is 0.0373. The summed E-state index contributed by atoms with van der Waals surface area (Å²) in [5.74, 6) is -1.06. The highest BCUT2D eigenvalue weighted by Gasteiger charge is 2.28. The highest BCUT2D eigenvalue weighted by Crippen LogP contribution is 2.05. The predicted octanol–water partition coefficient (Wildman–Crippen LogP) is 0.744. The molecule has 0 aromatic carbocycles. The van der Waals surface area contributed by atoms with Crippen molar-refractivity contribution in [3.8, 4) is 0 Å². The molecule has 5 heteroatoms. The van der Waals surface area contributed by atoms with Crippen molar-refractivity contribution in [2.75, 3.05) is 6.54 Å². The first-order valence-corrected chi connectivity index (χ1v) is 5.61. The molecule has 0 aliphatic carbocycles. The van der Waals surface area contributed by atoms with Gasteiger partial charge in [0.25, 0.3) is 0 Å². The van der Waals surface area contributed by atoms with Gasteiger partial charge >= 0.3 is 5.97 Å². The Kier molecular flexibility index (Phi) is 6.03. The zero-order valence-electron chi connectivity index (χ0n) is 10.5. The van der Waals surface area contributed by atoms with Crippen LogP contribution in [-0.4, -0.2) is 35.1 Å². The molecule has 1 atom stereocenters. The Morgan fingerprint density at radius 2 is 1.88 bits per heavy atom. The molecule has 0 heterocycles. The Bertz CT molecular complexity index is 252. The van der Waals surface area contributed by atoms with E-state index in [-0.39, 0.29) is 18.4 Å². The van der Waals surface area contributed by atoms with Gasteiger partial charge in [-0.2, -0.15) is 0 Å². The molecule has 5 nitrogen and oxygen atoms in total. The standard InChI is InChI=1S/C11H22N2O3/c1-5-8(7-9(14)15)13-10(16)11(3,4)12-6-2/h8,12H,5-7H2,1-4H3,(H,13,16)(H,14,15). The maximum absolute atomic E-state index is 11.8. The van der Waals surface area contributed by atoms with Crippen LogP contribution in [0, 0.1) is 0 Å². The van der Waals surface area contributed by atoms with Gasteiger partial charge in [0.1, 0.15) is 0 Å². The number of carbonyl (C=O) groups is 2.